The number of hydrogen-bond acceptors (Lipinski definition) is 6. The van der Waals surface area contributed by atoms with Crippen LogP contribution in [-0.2, 0) is 10.0 Å². The third-order valence-electron chi connectivity index (χ3n) is 1.76. The number of anilines is 2. The number of aryl methyl sites for hydroxylation is 1. The Labute approximate surface area is 90.9 Å². The van der Waals surface area contributed by atoms with Gasteiger partial charge in [-0.25, -0.2) is 13.1 Å². The third kappa shape index (κ3) is 1.84. The van der Waals surface area contributed by atoms with Gasteiger partial charge in [0, 0.05) is 0 Å². The molecule has 0 aromatic carbocycles. The standard InChI is InChI=1S/C7H9N5O3S/c1-4-3-15-7(10-4)12-16(13,14)5-2-9-11-6(5)8/h2-3H,1H3,(H,10,12)(H3,8,9,11). The number of nitrogens with zero attached hydrogens (tertiary/aromatic N) is 2. The minimum atomic E-state index is -3.81. The Balaban J connectivity index is 2.31. The van der Waals surface area contributed by atoms with Crippen molar-refractivity contribution in [3.8, 4) is 0 Å². The van der Waals surface area contributed by atoms with E-state index in [0.717, 1.165) is 6.20 Å². The summed E-state index contributed by atoms with van der Waals surface area (Å²) < 4.78 is 30.5. The van der Waals surface area contributed by atoms with Crippen molar-refractivity contribution >= 4 is 21.9 Å². The number of H-pyrrole nitrogens is 1. The Morgan fingerprint density at radius 1 is 1.56 bits per heavy atom. The van der Waals surface area contributed by atoms with E-state index in [-0.39, 0.29) is 16.7 Å². The maximum atomic E-state index is 11.7. The molecule has 0 saturated heterocycles. The fourth-order valence-electron chi connectivity index (χ4n) is 1.07. The quantitative estimate of drug-likeness (QED) is 0.701. The molecule has 0 spiro atoms. The molecule has 86 valence electrons. The van der Waals surface area contributed by atoms with Gasteiger partial charge in [-0.2, -0.15) is 10.1 Å². The maximum absolute atomic E-state index is 11.7. The van der Waals surface area contributed by atoms with Gasteiger partial charge in [0.05, 0.1) is 11.9 Å². The molecular formula is C7H9N5O3S. The van der Waals surface area contributed by atoms with Crippen molar-refractivity contribution < 1.29 is 12.8 Å². The molecule has 2 heterocycles. The smallest absolute Gasteiger partial charge is 0.309 e. The van der Waals surface area contributed by atoms with Crippen molar-refractivity contribution in [2.75, 3.05) is 10.5 Å². The molecule has 0 aliphatic rings. The summed E-state index contributed by atoms with van der Waals surface area (Å²) in [5, 5.41) is 5.84. The van der Waals surface area contributed by atoms with Crippen LogP contribution in [-0.4, -0.2) is 23.6 Å². The van der Waals surface area contributed by atoms with Crippen molar-refractivity contribution in [3.05, 3.63) is 18.2 Å². The number of aromatic nitrogens is 3. The molecule has 2 aromatic heterocycles. The zero-order chi connectivity index (χ0) is 11.8. The van der Waals surface area contributed by atoms with E-state index in [1.54, 1.807) is 6.92 Å². The van der Waals surface area contributed by atoms with Crippen molar-refractivity contribution in [3.63, 3.8) is 0 Å². The van der Waals surface area contributed by atoms with E-state index in [0.29, 0.717) is 5.69 Å². The monoisotopic (exact) mass is 243 g/mol. The molecule has 16 heavy (non-hydrogen) atoms. The van der Waals surface area contributed by atoms with Crippen LogP contribution in [0.2, 0.25) is 0 Å². The van der Waals surface area contributed by atoms with Gasteiger partial charge in [-0.1, -0.05) is 0 Å². The van der Waals surface area contributed by atoms with Crippen molar-refractivity contribution in [1.82, 2.24) is 15.2 Å². The van der Waals surface area contributed by atoms with Crippen LogP contribution in [0.4, 0.5) is 11.8 Å². The molecule has 0 radical (unpaired) electrons. The summed E-state index contributed by atoms with van der Waals surface area (Å²) in [5.74, 6) is -0.0456. The Morgan fingerprint density at radius 3 is 2.81 bits per heavy atom. The average molecular weight is 243 g/mol. The van der Waals surface area contributed by atoms with Gasteiger partial charge in [0.15, 0.2) is 0 Å². The summed E-state index contributed by atoms with van der Waals surface area (Å²) in [7, 11) is -3.81. The molecule has 9 heteroatoms. The number of hydrogen-bond donors (Lipinski definition) is 3. The van der Waals surface area contributed by atoms with Gasteiger partial charge in [-0.15, -0.1) is 0 Å². The van der Waals surface area contributed by atoms with E-state index in [1.165, 1.54) is 6.26 Å². The topological polar surface area (TPSA) is 127 Å². The first-order valence-corrected chi connectivity index (χ1v) is 5.71. The number of nitrogen functional groups attached to an aromatic ring is 1. The largest absolute Gasteiger partial charge is 0.431 e. The van der Waals surface area contributed by atoms with Gasteiger partial charge in [0.1, 0.15) is 17.0 Å². The highest BCUT2D eigenvalue weighted by Gasteiger charge is 2.21. The fraction of sp³-hybridized carbons (Fsp3) is 0.143. The highest BCUT2D eigenvalue weighted by molar-refractivity contribution is 7.92. The second-order valence-electron chi connectivity index (χ2n) is 3.05. The second kappa shape index (κ2) is 3.52. The average Bonchev–Trinajstić information content (AvgIpc) is 2.74. The first-order valence-electron chi connectivity index (χ1n) is 4.23. The van der Waals surface area contributed by atoms with Gasteiger partial charge in [0.25, 0.3) is 10.0 Å². The lowest BCUT2D eigenvalue weighted by Crippen LogP contribution is -2.14. The molecular weight excluding hydrogens is 234 g/mol. The second-order valence-corrected chi connectivity index (χ2v) is 4.70. The number of aromatic amines is 1. The van der Waals surface area contributed by atoms with Crippen molar-refractivity contribution in [2.24, 2.45) is 0 Å². The van der Waals surface area contributed by atoms with Crippen LogP contribution in [0.1, 0.15) is 5.69 Å². The number of rotatable bonds is 3. The molecule has 8 nitrogen and oxygen atoms in total. The summed E-state index contributed by atoms with van der Waals surface area (Å²) in [6, 6.07) is -0.113. The van der Waals surface area contributed by atoms with E-state index in [2.05, 4.69) is 19.9 Å². The number of oxazole rings is 1. The lowest BCUT2D eigenvalue weighted by Gasteiger charge is -2.01. The SMILES string of the molecule is Cc1coc(NS(=O)(=O)c2cn[nH]c2N)n1. The number of sulfonamides is 1. The van der Waals surface area contributed by atoms with E-state index in [1.807, 2.05) is 0 Å². The van der Waals surface area contributed by atoms with Crippen LogP contribution in [0.5, 0.6) is 0 Å². The zero-order valence-electron chi connectivity index (χ0n) is 8.26. The number of nitrogens with one attached hydrogen (secondary N) is 2. The molecule has 0 aliphatic heterocycles. The lowest BCUT2D eigenvalue weighted by atomic mass is 10.6. The summed E-state index contributed by atoms with van der Waals surface area (Å²) >= 11 is 0. The highest BCUT2D eigenvalue weighted by atomic mass is 32.2. The van der Waals surface area contributed by atoms with E-state index in [4.69, 9.17) is 10.2 Å². The van der Waals surface area contributed by atoms with Crippen molar-refractivity contribution in [1.29, 1.82) is 0 Å². The van der Waals surface area contributed by atoms with E-state index < -0.39 is 10.0 Å². The van der Waals surface area contributed by atoms with E-state index in [9.17, 15) is 8.42 Å². The van der Waals surface area contributed by atoms with Crippen LogP contribution < -0.4 is 10.5 Å². The fourth-order valence-corrected chi connectivity index (χ4v) is 2.03. The van der Waals surface area contributed by atoms with Gasteiger partial charge >= 0.3 is 6.01 Å². The normalized spacial score (nSPS) is 11.6. The third-order valence-corrected chi connectivity index (χ3v) is 3.11. The number of nitrogens with two attached hydrogens (primary N) is 1. The predicted octanol–water partition coefficient (Wildman–Crippen LogP) is 0.0891. The van der Waals surface area contributed by atoms with Crippen LogP contribution >= 0.6 is 0 Å². The van der Waals surface area contributed by atoms with Crippen molar-refractivity contribution in [2.45, 2.75) is 11.8 Å². The molecule has 0 amide bonds. The Kier molecular flexibility index (Phi) is 2.31. The molecule has 2 aromatic rings. The van der Waals surface area contributed by atoms with Crippen LogP contribution in [0, 0.1) is 6.92 Å². The Hall–Kier alpha value is -2.03. The van der Waals surface area contributed by atoms with Gasteiger partial charge in [0.2, 0.25) is 0 Å². The predicted molar refractivity (Wildman–Crippen MR) is 55.0 cm³/mol. The molecule has 2 rings (SSSR count). The Bertz CT molecular complexity index is 599. The maximum Gasteiger partial charge on any atom is 0.309 e. The lowest BCUT2D eigenvalue weighted by molar-refractivity contribution is 0.569. The van der Waals surface area contributed by atoms with Gasteiger partial charge in [-0.3, -0.25) is 5.10 Å². The van der Waals surface area contributed by atoms with Crippen LogP contribution in [0.15, 0.2) is 21.8 Å². The molecule has 0 fully saturated rings. The minimum Gasteiger partial charge on any atom is -0.431 e. The molecule has 0 atom stereocenters. The summed E-state index contributed by atoms with van der Waals surface area (Å²) in [5.41, 5.74) is 5.96. The first kappa shape index (κ1) is 10.5. The first-order chi connectivity index (χ1) is 7.49. The zero-order valence-corrected chi connectivity index (χ0v) is 9.08. The molecule has 0 unspecified atom stereocenters. The van der Waals surface area contributed by atoms with Crippen LogP contribution in [0.25, 0.3) is 0 Å². The van der Waals surface area contributed by atoms with Gasteiger partial charge < -0.3 is 10.2 Å². The van der Waals surface area contributed by atoms with E-state index >= 15 is 0 Å². The highest BCUT2D eigenvalue weighted by Crippen LogP contribution is 2.18. The minimum absolute atomic E-state index is 0.0456. The molecule has 0 bridgehead atoms. The molecule has 4 N–H and O–H groups in total. The summed E-state index contributed by atoms with van der Waals surface area (Å²) in [4.78, 5) is 3.66. The van der Waals surface area contributed by atoms with Gasteiger partial charge in [-0.05, 0) is 6.92 Å². The summed E-state index contributed by atoms with van der Waals surface area (Å²) in [6.45, 7) is 1.67. The molecule has 0 saturated carbocycles. The van der Waals surface area contributed by atoms with Crippen LogP contribution in [0.3, 0.4) is 0 Å². The Morgan fingerprint density at radius 2 is 2.31 bits per heavy atom. The molecule has 0 aliphatic carbocycles. The summed E-state index contributed by atoms with van der Waals surface area (Å²) in [6.07, 6.45) is 2.43.